The number of hydrogen-bond donors (Lipinski definition) is 2. The second kappa shape index (κ2) is 9.02. The summed E-state index contributed by atoms with van der Waals surface area (Å²) in [5.74, 6) is -2.91. The molecule has 3 N–H and O–H groups in total. The molecule has 2 aromatic carbocycles. The molecule has 29 heavy (non-hydrogen) atoms. The number of nitrogens with zero attached hydrogens (tertiary/aromatic N) is 2. The number of likely N-dealkylation sites (N-methyl/N-ethyl adjacent to an activating group) is 1. The molecule has 9 nitrogen and oxygen atoms in total. The Morgan fingerprint density at radius 1 is 1.21 bits per heavy atom. The number of nitro groups is 1. The number of amides is 2. The van der Waals surface area contributed by atoms with E-state index in [4.69, 9.17) is 5.73 Å². The van der Waals surface area contributed by atoms with Crippen LogP contribution in [0.4, 0.5) is 15.8 Å². The van der Waals surface area contributed by atoms with Gasteiger partial charge in [-0.15, -0.1) is 0 Å². The molecule has 0 saturated heterocycles. The van der Waals surface area contributed by atoms with Gasteiger partial charge in [0.1, 0.15) is 5.82 Å². The van der Waals surface area contributed by atoms with Crippen molar-refractivity contribution >= 4 is 29.0 Å². The van der Waals surface area contributed by atoms with Gasteiger partial charge in [-0.2, -0.15) is 0 Å². The first kappa shape index (κ1) is 21.6. The third kappa shape index (κ3) is 5.20. The van der Waals surface area contributed by atoms with Gasteiger partial charge in [0, 0.05) is 24.9 Å². The van der Waals surface area contributed by atoms with Crippen LogP contribution in [-0.2, 0) is 9.59 Å². The fourth-order valence-corrected chi connectivity index (χ4v) is 2.53. The van der Waals surface area contributed by atoms with Gasteiger partial charge in [-0.3, -0.25) is 29.8 Å². The lowest BCUT2D eigenvalue weighted by atomic mass is 10.00. The molecule has 0 unspecified atom stereocenters. The van der Waals surface area contributed by atoms with Gasteiger partial charge in [-0.1, -0.05) is 12.1 Å². The monoisotopic (exact) mass is 402 g/mol. The molecule has 0 heterocycles. The van der Waals surface area contributed by atoms with Crippen LogP contribution in [0.25, 0.3) is 0 Å². The topological polar surface area (TPSA) is 136 Å². The van der Waals surface area contributed by atoms with Crippen LogP contribution >= 0.6 is 0 Å². The fraction of sp³-hybridized carbons (Fsp3) is 0.211. The normalized spacial score (nSPS) is 11.4. The highest BCUT2D eigenvalue weighted by molar-refractivity contribution is 6.13. The number of carbonyl (C=O) groups excluding carboxylic acids is 3. The summed E-state index contributed by atoms with van der Waals surface area (Å²) in [6.45, 7) is 1.07. The molecular weight excluding hydrogens is 383 g/mol. The molecule has 0 aromatic heterocycles. The molecular formula is C19H19FN4O5. The predicted octanol–water partition coefficient (Wildman–Crippen LogP) is 1.39. The number of carbonyl (C=O) groups is 3. The molecule has 0 fully saturated rings. The first-order valence-electron chi connectivity index (χ1n) is 8.50. The van der Waals surface area contributed by atoms with Crippen LogP contribution in [0.2, 0.25) is 0 Å². The number of ketones is 1. The number of non-ortho nitro benzene ring substituents is 1. The summed E-state index contributed by atoms with van der Waals surface area (Å²) in [6, 6.07) is 7.81. The summed E-state index contributed by atoms with van der Waals surface area (Å²) >= 11 is 0. The third-order valence-corrected chi connectivity index (χ3v) is 4.02. The summed E-state index contributed by atoms with van der Waals surface area (Å²) in [7, 11) is 1.45. The molecule has 0 aliphatic heterocycles. The molecule has 0 spiro atoms. The average molecular weight is 402 g/mol. The summed E-state index contributed by atoms with van der Waals surface area (Å²) in [5, 5.41) is 13.2. The van der Waals surface area contributed by atoms with Crippen LogP contribution in [0.3, 0.4) is 0 Å². The minimum Gasteiger partial charge on any atom is -0.365 e. The van der Waals surface area contributed by atoms with Gasteiger partial charge in [-0.05, 0) is 25.1 Å². The largest absolute Gasteiger partial charge is 0.365 e. The van der Waals surface area contributed by atoms with Crippen molar-refractivity contribution < 1.29 is 23.7 Å². The molecule has 0 aliphatic carbocycles. The molecule has 2 amide bonds. The van der Waals surface area contributed by atoms with E-state index in [0.29, 0.717) is 0 Å². The van der Waals surface area contributed by atoms with Crippen LogP contribution in [0.5, 0.6) is 0 Å². The van der Waals surface area contributed by atoms with Crippen molar-refractivity contribution in [1.29, 1.82) is 0 Å². The van der Waals surface area contributed by atoms with E-state index in [2.05, 4.69) is 5.32 Å². The molecule has 0 aliphatic rings. The molecule has 2 aromatic rings. The van der Waals surface area contributed by atoms with Gasteiger partial charge < -0.3 is 10.6 Å². The van der Waals surface area contributed by atoms with E-state index in [1.807, 2.05) is 0 Å². The van der Waals surface area contributed by atoms with Gasteiger partial charge in [0.2, 0.25) is 11.8 Å². The average Bonchev–Trinajstić information content (AvgIpc) is 2.66. The quantitative estimate of drug-likeness (QED) is 0.406. The van der Waals surface area contributed by atoms with Crippen molar-refractivity contribution in [1.82, 2.24) is 5.32 Å². The first-order valence-corrected chi connectivity index (χ1v) is 8.50. The summed E-state index contributed by atoms with van der Waals surface area (Å²) in [6.07, 6.45) is 0. The molecule has 1 atom stereocenters. The van der Waals surface area contributed by atoms with Gasteiger partial charge >= 0.3 is 0 Å². The minimum absolute atomic E-state index is 0.155. The zero-order valence-corrected chi connectivity index (χ0v) is 15.7. The number of nitrogens with one attached hydrogen (secondary N) is 1. The SMILES string of the molecule is C[C@H](N)C(=O)NC(=O)CN(C)c1ccc([N+](=O)[O-])cc1C(=O)c1ccccc1F. The first-order chi connectivity index (χ1) is 13.6. The van der Waals surface area contributed by atoms with Crippen LogP contribution in [-0.4, -0.2) is 42.2 Å². The highest BCUT2D eigenvalue weighted by Gasteiger charge is 2.23. The van der Waals surface area contributed by atoms with E-state index in [0.717, 1.165) is 18.2 Å². The zero-order valence-electron chi connectivity index (χ0n) is 15.7. The number of hydrogen-bond acceptors (Lipinski definition) is 7. The number of anilines is 1. The van der Waals surface area contributed by atoms with Crippen molar-refractivity contribution in [2.24, 2.45) is 5.73 Å². The lowest BCUT2D eigenvalue weighted by Gasteiger charge is -2.21. The van der Waals surface area contributed by atoms with Gasteiger partial charge in [-0.25, -0.2) is 4.39 Å². The number of nitrogens with two attached hydrogens (primary N) is 1. The highest BCUT2D eigenvalue weighted by atomic mass is 19.1. The van der Waals surface area contributed by atoms with Crippen molar-refractivity contribution in [3.05, 3.63) is 69.5 Å². The smallest absolute Gasteiger partial charge is 0.270 e. The Labute approximate surface area is 165 Å². The Bertz CT molecular complexity index is 977. The number of imide groups is 1. The van der Waals surface area contributed by atoms with E-state index in [1.165, 1.54) is 43.1 Å². The third-order valence-electron chi connectivity index (χ3n) is 4.02. The van der Waals surface area contributed by atoms with Crippen molar-refractivity contribution in [3.8, 4) is 0 Å². The standard InChI is InChI=1S/C19H19FN4O5/c1-11(21)19(27)22-17(25)10-23(2)16-8-7-12(24(28)29)9-14(16)18(26)13-5-3-4-6-15(13)20/h3-9,11H,10,21H2,1-2H3,(H,22,25,27)/t11-/m0/s1. The molecule has 152 valence electrons. The lowest BCUT2D eigenvalue weighted by molar-refractivity contribution is -0.384. The van der Waals surface area contributed by atoms with E-state index < -0.39 is 34.4 Å². The molecule has 2 rings (SSSR count). The second-order valence-electron chi connectivity index (χ2n) is 6.32. The Kier molecular flexibility index (Phi) is 6.73. The van der Waals surface area contributed by atoms with Crippen LogP contribution < -0.4 is 16.0 Å². The number of nitro benzene ring substituents is 1. The zero-order chi connectivity index (χ0) is 21.7. The van der Waals surface area contributed by atoms with E-state index in [9.17, 15) is 28.9 Å². The van der Waals surface area contributed by atoms with Gasteiger partial charge in [0.05, 0.1) is 28.6 Å². The molecule has 0 saturated carbocycles. The maximum Gasteiger partial charge on any atom is 0.270 e. The molecule has 10 heteroatoms. The maximum absolute atomic E-state index is 14.1. The Balaban J connectivity index is 2.40. The maximum atomic E-state index is 14.1. The number of benzene rings is 2. The summed E-state index contributed by atoms with van der Waals surface area (Å²) in [5.41, 5.74) is 4.77. The number of rotatable bonds is 7. The van der Waals surface area contributed by atoms with Gasteiger partial charge in [0.25, 0.3) is 5.69 Å². The van der Waals surface area contributed by atoms with Crippen LogP contribution in [0.15, 0.2) is 42.5 Å². The Morgan fingerprint density at radius 3 is 2.45 bits per heavy atom. The fourth-order valence-electron chi connectivity index (χ4n) is 2.53. The van der Waals surface area contributed by atoms with Crippen molar-refractivity contribution in [3.63, 3.8) is 0 Å². The molecule has 0 radical (unpaired) electrons. The van der Waals surface area contributed by atoms with Crippen molar-refractivity contribution in [2.45, 2.75) is 13.0 Å². The van der Waals surface area contributed by atoms with E-state index in [-0.39, 0.29) is 29.0 Å². The Hall–Kier alpha value is -3.66. The summed E-state index contributed by atoms with van der Waals surface area (Å²) in [4.78, 5) is 48.2. The van der Waals surface area contributed by atoms with E-state index in [1.54, 1.807) is 0 Å². The van der Waals surface area contributed by atoms with Crippen molar-refractivity contribution in [2.75, 3.05) is 18.5 Å². The van der Waals surface area contributed by atoms with Crippen LogP contribution in [0.1, 0.15) is 22.8 Å². The number of halogens is 1. The predicted molar refractivity (Wildman–Crippen MR) is 103 cm³/mol. The van der Waals surface area contributed by atoms with E-state index >= 15 is 0 Å². The van der Waals surface area contributed by atoms with Gasteiger partial charge in [0.15, 0.2) is 5.78 Å². The molecule has 0 bridgehead atoms. The summed E-state index contributed by atoms with van der Waals surface area (Å²) < 4.78 is 14.1. The highest BCUT2D eigenvalue weighted by Crippen LogP contribution is 2.28. The minimum atomic E-state index is -0.887. The second-order valence-corrected chi connectivity index (χ2v) is 6.32. The Morgan fingerprint density at radius 2 is 1.86 bits per heavy atom. The lowest BCUT2D eigenvalue weighted by Crippen LogP contribution is -2.45. The van der Waals surface area contributed by atoms with Crippen LogP contribution in [0, 0.1) is 15.9 Å².